The van der Waals surface area contributed by atoms with Gasteiger partial charge in [0.15, 0.2) is 11.5 Å². The number of anilines is 1. The number of alkyl halides is 2. The number of methoxy groups -OCH3 is 1. The first-order chi connectivity index (χ1) is 11.4. The Labute approximate surface area is 139 Å². The minimum absolute atomic E-state index is 0.141. The van der Waals surface area contributed by atoms with Crippen LogP contribution < -0.4 is 14.8 Å². The molecule has 0 radical (unpaired) electrons. The van der Waals surface area contributed by atoms with Crippen LogP contribution in [0.4, 0.5) is 19.3 Å². The van der Waals surface area contributed by atoms with E-state index in [1.165, 1.54) is 19.2 Å². The minimum atomic E-state index is -2.98. The van der Waals surface area contributed by atoms with Crippen LogP contribution in [-0.2, 0) is 0 Å². The maximum absolute atomic E-state index is 12.4. The van der Waals surface area contributed by atoms with E-state index in [9.17, 15) is 18.7 Å². The van der Waals surface area contributed by atoms with Gasteiger partial charge in [-0.1, -0.05) is 0 Å². The topological polar surface area (TPSA) is 71.0 Å². The number of aliphatic hydroxyl groups excluding tert-OH is 1. The number of carbonyl (C=O) groups excluding carboxylic acids is 1. The molecular weight excluding hydrogens is 322 g/mol. The number of benzene rings is 1. The predicted molar refractivity (Wildman–Crippen MR) is 84.6 cm³/mol. The summed E-state index contributed by atoms with van der Waals surface area (Å²) in [5.74, 6) is 0.213. The molecule has 1 atom stereocenters. The van der Waals surface area contributed by atoms with Crippen LogP contribution in [0.2, 0.25) is 0 Å². The third-order valence-electron chi connectivity index (χ3n) is 4.14. The molecule has 1 heterocycles. The van der Waals surface area contributed by atoms with Gasteiger partial charge in [-0.2, -0.15) is 8.78 Å². The Morgan fingerprint density at radius 3 is 2.54 bits per heavy atom. The summed E-state index contributed by atoms with van der Waals surface area (Å²) in [5.41, 5.74) is 0.342. The Bertz CT molecular complexity index is 561. The normalized spacial score (nSPS) is 16.8. The van der Waals surface area contributed by atoms with E-state index in [2.05, 4.69) is 10.1 Å². The molecule has 1 aliphatic rings. The van der Waals surface area contributed by atoms with Gasteiger partial charge in [0.05, 0.1) is 13.2 Å². The number of hydrogen-bond donors (Lipinski definition) is 2. The van der Waals surface area contributed by atoms with Gasteiger partial charge in [-0.3, -0.25) is 0 Å². The number of carbonyl (C=O) groups is 1. The second kappa shape index (κ2) is 8.14. The van der Waals surface area contributed by atoms with Crippen LogP contribution in [0.1, 0.15) is 19.8 Å². The standard InChI is InChI=1S/C16H22F2N2O4/c1-10(21)11-5-7-20(8-6-11)16(22)19-12-3-4-13(23-2)14(9-12)24-15(17)18/h3-4,9-11,15,21H,5-8H2,1-2H3,(H,19,22)/t10-/m0/s1. The van der Waals surface area contributed by atoms with E-state index in [0.717, 1.165) is 12.8 Å². The summed E-state index contributed by atoms with van der Waals surface area (Å²) in [6.45, 7) is -0.151. The Morgan fingerprint density at radius 1 is 1.33 bits per heavy atom. The summed E-state index contributed by atoms with van der Waals surface area (Å²) in [7, 11) is 1.35. The number of nitrogens with zero attached hydrogens (tertiary/aromatic N) is 1. The maximum Gasteiger partial charge on any atom is 0.387 e. The fourth-order valence-corrected chi connectivity index (χ4v) is 2.73. The molecule has 0 spiro atoms. The zero-order valence-corrected chi connectivity index (χ0v) is 13.7. The van der Waals surface area contributed by atoms with Crippen molar-refractivity contribution in [2.45, 2.75) is 32.5 Å². The molecule has 1 saturated heterocycles. The molecule has 2 rings (SSSR count). The second-order valence-corrected chi connectivity index (χ2v) is 5.74. The van der Waals surface area contributed by atoms with Crippen LogP contribution >= 0.6 is 0 Å². The highest BCUT2D eigenvalue weighted by Crippen LogP contribution is 2.31. The van der Waals surface area contributed by atoms with Gasteiger partial charge >= 0.3 is 12.6 Å². The number of halogens is 2. The minimum Gasteiger partial charge on any atom is -0.493 e. The fraction of sp³-hybridized carbons (Fsp3) is 0.562. The highest BCUT2D eigenvalue weighted by molar-refractivity contribution is 5.89. The number of likely N-dealkylation sites (tertiary alicyclic amines) is 1. The van der Waals surface area contributed by atoms with Crippen molar-refractivity contribution in [3.8, 4) is 11.5 Å². The molecule has 0 aliphatic carbocycles. The molecule has 0 aromatic heterocycles. The molecule has 24 heavy (non-hydrogen) atoms. The molecule has 0 bridgehead atoms. The molecule has 1 fully saturated rings. The summed E-state index contributed by atoms with van der Waals surface area (Å²) < 4.78 is 34.2. The van der Waals surface area contributed by atoms with E-state index < -0.39 is 6.61 Å². The van der Waals surface area contributed by atoms with Crippen molar-refractivity contribution in [2.75, 3.05) is 25.5 Å². The summed E-state index contributed by atoms with van der Waals surface area (Å²) in [5, 5.41) is 12.2. The van der Waals surface area contributed by atoms with Crippen LogP contribution in [0.25, 0.3) is 0 Å². The van der Waals surface area contributed by atoms with Crippen LogP contribution in [0, 0.1) is 5.92 Å². The maximum atomic E-state index is 12.4. The molecule has 8 heteroatoms. The second-order valence-electron chi connectivity index (χ2n) is 5.74. The number of hydrogen-bond acceptors (Lipinski definition) is 4. The number of nitrogens with one attached hydrogen (secondary N) is 1. The van der Waals surface area contributed by atoms with E-state index in [1.54, 1.807) is 17.9 Å². The zero-order chi connectivity index (χ0) is 17.7. The number of aliphatic hydroxyl groups is 1. The lowest BCUT2D eigenvalue weighted by atomic mass is 9.92. The molecule has 1 aliphatic heterocycles. The number of ether oxygens (including phenoxy) is 2. The smallest absolute Gasteiger partial charge is 0.387 e. The first kappa shape index (κ1) is 18.3. The van der Waals surface area contributed by atoms with Crippen molar-refractivity contribution < 1.29 is 28.2 Å². The summed E-state index contributed by atoms with van der Waals surface area (Å²) >= 11 is 0. The molecule has 2 N–H and O–H groups in total. The van der Waals surface area contributed by atoms with Crippen molar-refractivity contribution in [3.05, 3.63) is 18.2 Å². The Hall–Kier alpha value is -2.09. The zero-order valence-electron chi connectivity index (χ0n) is 13.7. The van der Waals surface area contributed by atoms with Crippen molar-refractivity contribution >= 4 is 11.7 Å². The van der Waals surface area contributed by atoms with Crippen molar-refractivity contribution in [2.24, 2.45) is 5.92 Å². The van der Waals surface area contributed by atoms with E-state index >= 15 is 0 Å². The van der Waals surface area contributed by atoms with Crippen molar-refractivity contribution in [1.29, 1.82) is 0 Å². The molecule has 1 aromatic rings. The van der Waals surface area contributed by atoms with Gasteiger partial charge < -0.3 is 24.8 Å². The van der Waals surface area contributed by atoms with E-state index in [-0.39, 0.29) is 29.6 Å². The molecule has 134 valence electrons. The molecule has 1 aromatic carbocycles. The van der Waals surface area contributed by atoms with Crippen molar-refractivity contribution in [3.63, 3.8) is 0 Å². The molecular formula is C16H22F2N2O4. The monoisotopic (exact) mass is 344 g/mol. The van der Waals surface area contributed by atoms with Gasteiger partial charge in [-0.05, 0) is 37.8 Å². The summed E-state index contributed by atoms with van der Waals surface area (Å²) in [6, 6.07) is 3.99. The third kappa shape index (κ3) is 4.70. The Balaban J connectivity index is 1.99. The van der Waals surface area contributed by atoms with Gasteiger partial charge in [0.1, 0.15) is 0 Å². The first-order valence-corrected chi connectivity index (χ1v) is 7.77. The van der Waals surface area contributed by atoms with Gasteiger partial charge in [-0.15, -0.1) is 0 Å². The van der Waals surface area contributed by atoms with Gasteiger partial charge in [0.25, 0.3) is 0 Å². The fourth-order valence-electron chi connectivity index (χ4n) is 2.73. The third-order valence-corrected chi connectivity index (χ3v) is 4.14. The Morgan fingerprint density at radius 2 is 2.00 bits per heavy atom. The van der Waals surface area contributed by atoms with E-state index in [1.807, 2.05) is 0 Å². The average molecular weight is 344 g/mol. The summed E-state index contributed by atoms with van der Waals surface area (Å²) in [6.07, 6.45) is 1.08. The lowest BCUT2D eigenvalue weighted by Gasteiger charge is -2.33. The molecule has 0 saturated carbocycles. The largest absolute Gasteiger partial charge is 0.493 e. The number of rotatable bonds is 5. The van der Waals surface area contributed by atoms with Crippen LogP contribution in [-0.4, -0.2) is 49.0 Å². The lowest BCUT2D eigenvalue weighted by molar-refractivity contribution is -0.0511. The SMILES string of the molecule is COc1ccc(NC(=O)N2CCC([C@H](C)O)CC2)cc1OC(F)F. The predicted octanol–water partition coefficient (Wildman–Crippen LogP) is 2.92. The van der Waals surface area contributed by atoms with E-state index in [4.69, 9.17) is 4.74 Å². The van der Waals surface area contributed by atoms with Crippen LogP contribution in [0.15, 0.2) is 18.2 Å². The van der Waals surface area contributed by atoms with Crippen LogP contribution in [0.5, 0.6) is 11.5 Å². The quantitative estimate of drug-likeness (QED) is 0.862. The highest BCUT2D eigenvalue weighted by Gasteiger charge is 2.25. The number of urea groups is 1. The first-order valence-electron chi connectivity index (χ1n) is 7.77. The molecule has 2 amide bonds. The van der Waals surface area contributed by atoms with Crippen LogP contribution in [0.3, 0.4) is 0 Å². The van der Waals surface area contributed by atoms with Gasteiger partial charge in [0.2, 0.25) is 0 Å². The average Bonchev–Trinajstić information content (AvgIpc) is 2.54. The lowest BCUT2D eigenvalue weighted by Crippen LogP contribution is -2.42. The Kier molecular flexibility index (Phi) is 6.19. The van der Waals surface area contributed by atoms with Gasteiger partial charge in [0, 0.05) is 24.8 Å². The van der Waals surface area contributed by atoms with E-state index in [0.29, 0.717) is 18.8 Å². The highest BCUT2D eigenvalue weighted by atomic mass is 19.3. The number of amides is 2. The van der Waals surface area contributed by atoms with Gasteiger partial charge in [-0.25, -0.2) is 4.79 Å². The number of piperidine rings is 1. The molecule has 6 nitrogen and oxygen atoms in total. The molecule has 0 unspecified atom stereocenters. The summed E-state index contributed by atoms with van der Waals surface area (Å²) in [4.78, 5) is 13.9. The van der Waals surface area contributed by atoms with Crippen molar-refractivity contribution in [1.82, 2.24) is 4.90 Å².